The van der Waals surface area contributed by atoms with Crippen molar-refractivity contribution in [2.45, 2.75) is 108 Å². The molecule has 0 radical (unpaired) electrons. The lowest BCUT2D eigenvalue weighted by molar-refractivity contribution is -0.873. The third-order valence-corrected chi connectivity index (χ3v) is 5.83. The van der Waals surface area contributed by atoms with Crippen LogP contribution in [0.25, 0.3) is 0 Å². The summed E-state index contributed by atoms with van der Waals surface area (Å²) in [5, 5.41) is 10.9. The summed E-state index contributed by atoms with van der Waals surface area (Å²) in [6.45, 7) is 2.69. The Kier molecular flexibility index (Phi) is 16.7. The summed E-state index contributed by atoms with van der Waals surface area (Å²) in [4.78, 5) is 22.8. The molecule has 0 N–H and O–H groups in total. The molecule has 0 amide bonds. The number of carboxylic acids is 1. The first-order chi connectivity index (χ1) is 13.7. The molecule has 0 fully saturated rings. The predicted octanol–water partition coefficient (Wildman–Crippen LogP) is 4.60. The van der Waals surface area contributed by atoms with Crippen LogP contribution in [0.15, 0.2) is 0 Å². The second-order valence-electron chi connectivity index (χ2n) is 9.25. The maximum Gasteiger partial charge on any atom is 0.320 e. The van der Waals surface area contributed by atoms with Crippen LogP contribution in [0.1, 0.15) is 96.8 Å². The molecule has 6 heteroatoms. The minimum atomic E-state index is -1.19. The molecule has 0 saturated heterocycles. The zero-order chi connectivity index (χ0) is 22.1. The fourth-order valence-electron chi connectivity index (χ4n) is 3.46. The van der Waals surface area contributed by atoms with Gasteiger partial charge >= 0.3 is 5.97 Å². The fourth-order valence-corrected chi connectivity index (χ4v) is 3.89. The van der Waals surface area contributed by atoms with Crippen molar-refractivity contribution >= 4 is 27.9 Å². The lowest BCUT2D eigenvalue weighted by Gasteiger charge is -2.29. The molecular formula is C23H44BrNO4. The molecule has 29 heavy (non-hydrogen) atoms. The minimum Gasteiger partial charge on any atom is -0.550 e. The highest BCUT2D eigenvalue weighted by Crippen LogP contribution is 2.17. The molecule has 2 unspecified atom stereocenters. The molecule has 0 bridgehead atoms. The summed E-state index contributed by atoms with van der Waals surface area (Å²) in [7, 11) is 5.82. The van der Waals surface area contributed by atoms with Gasteiger partial charge in [0.1, 0.15) is 11.4 Å². The summed E-state index contributed by atoms with van der Waals surface area (Å²) < 4.78 is 5.96. The van der Waals surface area contributed by atoms with Crippen molar-refractivity contribution in [2.24, 2.45) is 0 Å². The Labute approximate surface area is 187 Å². The van der Waals surface area contributed by atoms with Crippen LogP contribution in [-0.2, 0) is 14.3 Å². The quantitative estimate of drug-likeness (QED) is 0.118. The van der Waals surface area contributed by atoms with E-state index in [4.69, 9.17) is 4.74 Å². The highest BCUT2D eigenvalue weighted by Gasteiger charge is 2.25. The van der Waals surface area contributed by atoms with Gasteiger partial charge in [0.25, 0.3) is 0 Å². The summed E-state index contributed by atoms with van der Waals surface area (Å²) >= 11 is 3.40. The maximum absolute atomic E-state index is 12.3. The second kappa shape index (κ2) is 17.1. The van der Waals surface area contributed by atoms with Gasteiger partial charge in [-0.3, -0.25) is 4.79 Å². The summed E-state index contributed by atoms with van der Waals surface area (Å²) in [6, 6.07) is 0. The van der Waals surface area contributed by atoms with Gasteiger partial charge in [0.05, 0.1) is 21.1 Å². The molecule has 172 valence electrons. The maximum atomic E-state index is 12.3. The van der Waals surface area contributed by atoms with E-state index >= 15 is 0 Å². The number of quaternary nitrogens is 1. The highest BCUT2D eigenvalue weighted by atomic mass is 79.9. The van der Waals surface area contributed by atoms with Crippen molar-refractivity contribution in [1.82, 2.24) is 0 Å². The van der Waals surface area contributed by atoms with Crippen molar-refractivity contribution in [2.75, 3.05) is 27.7 Å². The van der Waals surface area contributed by atoms with E-state index in [0.717, 1.165) is 19.3 Å². The number of carbonyl (C=O) groups excluding carboxylic acids is 2. The van der Waals surface area contributed by atoms with Gasteiger partial charge in [-0.05, 0) is 6.42 Å². The number of nitrogens with zero attached hydrogens (tertiary/aromatic N) is 1. The van der Waals surface area contributed by atoms with Gasteiger partial charge < -0.3 is 19.1 Å². The zero-order valence-electron chi connectivity index (χ0n) is 19.2. The molecule has 0 aliphatic heterocycles. The molecule has 0 aromatic rings. The molecule has 0 aromatic carbocycles. The average molecular weight is 479 g/mol. The molecular weight excluding hydrogens is 434 g/mol. The van der Waals surface area contributed by atoms with Gasteiger partial charge in [0.15, 0.2) is 6.10 Å². The van der Waals surface area contributed by atoms with Gasteiger partial charge in [-0.15, -0.1) is 0 Å². The van der Waals surface area contributed by atoms with E-state index < -0.39 is 12.1 Å². The summed E-state index contributed by atoms with van der Waals surface area (Å²) in [5.41, 5.74) is 0. The predicted molar refractivity (Wildman–Crippen MR) is 121 cm³/mol. The Morgan fingerprint density at radius 1 is 0.862 bits per heavy atom. The Balaban J connectivity index is 3.83. The molecule has 0 aliphatic carbocycles. The minimum absolute atomic E-state index is 0.264. The summed E-state index contributed by atoms with van der Waals surface area (Å²) in [6.07, 6.45) is 15.2. The van der Waals surface area contributed by atoms with Crippen LogP contribution < -0.4 is 5.11 Å². The topological polar surface area (TPSA) is 66.4 Å². The van der Waals surface area contributed by atoms with E-state index in [-0.39, 0.29) is 17.2 Å². The van der Waals surface area contributed by atoms with Crippen LogP contribution in [0.3, 0.4) is 0 Å². The van der Waals surface area contributed by atoms with Crippen molar-refractivity contribution in [3.05, 3.63) is 0 Å². The molecule has 0 aromatic heterocycles. The van der Waals surface area contributed by atoms with Crippen LogP contribution in [0.2, 0.25) is 0 Å². The van der Waals surface area contributed by atoms with Crippen LogP contribution in [0.4, 0.5) is 0 Å². The van der Waals surface area contributed by atoms with Crippen molar-refractivity contribution < 1.29 is 23.9 Å². The van der Waals surface area contributed by atoms with Crippen LogP contribution in [0.5, 0.6) is 0 Å². The lowest BCUT2D eigenvalue weighted by Crippen LogP contribution is -2.45. The number of alkyl halides is 1. The van der Waals surface area contributed by atoms with Crippen molar-refractivity contribution in [3.8, 4) is 0 Å². The molecule has 0 heterocycles. The van der Waals surface area contributed by atoms with E-state index in [1.807, 2.05) is 21.1 Å². The number of aliphatic carboxylic acids is 1. The number of likely N-dealkylation sites (N-methyl/N-ethyl adjacent to an activating group) is 1. The largest absolute Gasteiger partial charge is 0.550 e. The number of ether oxygens (including phenoxy) is 1. The molecule has 2 atom stereocenters. The van der Waals surface area contributed by atoms with E-state index in [9.17, 15) is 14.7 Å². The number of halogens is 1. The zero-order valence-corrected chi connectivity index (χ0v) is 20.8. The van der Waals surface area contributed by atoms with Gasteiger partial charge in [-0.1, -0.05) is 99.9 Å². The molecule has 0 saturated carbocycles. The van der Waals surface area contributed by atoms with Gasteiger partial charge in [-0.2, -0.15) is 0 Å². The second-order valence-corrected chi connectivity index (χ2v) is 10.4. The van der Waals surface area contributed by atoms with Crippen LogP contribution in [-0.4, -0.2) is 55.0 Å². The molecule has 0 aliphatic rings. The first kappa shape index (κ1) is 28.4. The highest BCUT2D eigenvalue weighted by molar-refractivity contribution is 9.10. The molecule has 5 nitrogen and oxygen atoms in total. The molecule has 0 spiro atoms. The Morgan fingerprint density at radius 2 is 1.31 bits per heavy atom. The number of esters is 1. The SMILES string of the molecule is CCCCCCCCCCCCCCC(Br)C(=O)OC(CC(=O)[O-])C[N+](C)(C)C. The van der Waals surface area contributed by atoms with Crippen LogP contribution >= 0.6 is 15.9 Å². The van der Waals surface area contributed by atoms with Gasteiger partial charge in [0.2, 0.25) is 0 Å². The average Bonchev–Trinajstić information content (AvgIpc) is 2.60. The van der Waals surface area contributed by atoms with Gasteiger partial charge in [0, 0.05) is 12.4 Å². The van der Waals surface area contributed by atoms with Crippen LogP contribution in [0, 0.1) is 0 Å². The van der Waals surface area contributed by atoms with E-state index in [1.165, 1.54) is 64.2 Å². The van der Waals surface area contributed by atoms with E-state index in [2.05, 4.69) is 22.9 Å². The number of carboxylic acid groups (broad SMARTS) is 1. The normalized spacial score (nSPS) is 13.8. The standard InChI is InChI=1S/C23H44BrNO4/c1-5-6-7-8-9-10-11-12-13-14-15-16-17-21(24)23(28)29-20(18-22(26)27)19-25(2,3)4/h20-21H,5-19H2,1-4H3. The fraction of sp³-hybridized carbons (Fsp3) is 0.913. The molecule has 0 rings (SSSR count). The first-order valence-electron chi connectivity index (χ1n) is 11.5. The van der Waals surface area contributed by atoms with Crippen molar-refractivity contribution in [3.63, 3.8) is 0 Å². The third-order valence-electron chi connectivity index (χ3n) is 5.00. The van der Waals surface area contributed by atoms with E-state index in [1.54, 1.807) is 0 Å². The summed E-state index contributed by atoms with van der Waals surface area (Å²) in [5.74, 6) is -1.56. The van der Waals surface area contributed by atoms with E-state index in [0.29, 0.717) is 11.0 Å². The van der Waals surface area contributed by atoms with Crippen molar-refractivity contribution in [1.29, 1.82) is 0 Å². The Hall–Kier alpha value is -0.620. The van der Waals surface area contributed by atoms with Gasteiger partial charge in [-0.25, -0.2) is 0 Å². The number of hydrogen-bond donors (Lipinski definition) is 0. The number of unbranched alkanes of at least 4 members (excludes halogenated alkanes) is 11. The monoisotopic (exact) mass is 477 g/mol. The Bertz CT molecular complexity index is 437. The number of hydrogen-bond acceptors (Lipinski definition) is 4. The number of rotatable bonds is 19. The number of carbonyl (C=O) groups is 2. The first-order valence-corrected chi connectivity index (χ1v) is 12.4. The smallest absolute Gasteiger partial charge is 0.320 e. The lowest BCUT2D eigenvalue weighted by atomic mass is 10.0. The third kappa shape index (κ3) is 19.1. The Morgan fingerprint density at radius 3 is 1.72 bits per heavy atom.